The molecule has 0 fully saturated rings. The van der Waals surface area contributed by atoms with Crippen molar-refractivity contribution >= 4 is 70.1 Å². The maximum Gasteiger partial charge on any atom is 0.124 e. The predicted molar refractivity (Wildman–Crippen MR) is 229 cm³/mol. The van der Waals surface area contributed by atoms with Gasteiger partial charge in [0.2, 0.25) is 0 Å². The molecule has 2 heterocycles. The molecule has 0 aliphatic carbocycles. The van der Waals surface area contributed by atoms with Gasteiger partial charge in [-0.15, -0.1) is 22.7 Å². The third-order valence-corrected chi connectivity index (χ3v) is 12.2. The molecule has 10 rings (SSSR count). The van der Waals surface area contributed by atoms with E-state index in [9.17, 15) is 0 Å². The van der Waals surface area contributed by atoms with E-state index >= 15 is 0 Å². The number of anilines is 3. The molecular formula is C49H32N2S2. The Kier molecular flexibility index (Phi) is 7.90. The molecule has 0 atom stereocenters. The van der Waals surface area contributed by atoms with Crippen LogP contribution in [0.3, 0.4) is 0 Å². The van der Waals surface area contributed by atoms with Gasteiger partial charge in [-0.1, -0.05) is 152 Å². The Bertz CT molecular complexity index is 2740. The summed E-state index contributed by atoms with van der Waals surface area (Å²) >= 11 is 3.61. The largest absolute Gasteiger partial charge is 0.308 e. The van der Waals surface area contributed by atoms with Crippen molar-refractivity contribution in [1.82, 2.24) is 4.98 Å². The lowest BCUT2D eigenvalue weighted by Gasteiger charge is -2.29. The van der Waals surface area contributed by atoms with Gasteiger partial charge in [0.15, 0.2) is 0 Å². The molecule has 0 bridgehead atoms. The summed E-state index contributed by atoms with van der Waals surface area (Å²) < 4.78 is 3.75. The number of para-hydroxylation sites is 1. The topological polar surface area (TPSA) is 16.1 Å². The number of thiazole rings is 1. The Hall–Kier alpha value is -6.33. The Morgan fingerprint density at radius 2 is 0.868 bits per heavy atom. The van der Waals surface area contributed by atoms with E-state index in [0.29, 0.717) is 0 Å². The van der Waals surface area contributed by atoms with Crippen molar-refractivity contribution in [3.8, 4) is 44.0 Å². The van der Waals surface area contributed by atoms with Gasteiger partial charge < -0.3 is 4.90 Å². The Labute approximate surface area is 316 Å². The molecule has 0 aliphatic rings. The molecule has 0 spiro atoms. The maximum absolute atomic E-state index is 4.95. The van der Waals surface area contributed by atoms with Crippen LogP contribution in [0.1, 0.15) is 0 Å². The number of thiophene rings is 1. The predicted octanol–water partition coefficient (Wildman–Crippen LogP) is 14.8. The molecule has 8 aromatic carbocycles. The van der Waals surface area contributed by atoms with E-state index < -0.39 is 0 Å². The molecule has 2 nitrogen and oxygen atoms in total. The van der Waals surface area contributed by atoms with Gasteiger partial charge >= 0.3 is 0 Å². The average Bonchev–Trinajstić information content (AvgIpc) is 3.85. The van der Waals surface area contributed by atoms with Crippen LogP contribution in [0.25, 0.3) is 74.3 Å². The van der Waals surface area contributed by atoms with Crippen LogP contribution in [-0.4, -0.2) is 4.98 Å². The van der Waals surface area contributed by atoms with Crippen molar-refractivity contribution in [2.75, 3.05) is 4.90 Å². The smallest absolute Gasteiger partial charge is 0.124 e. The quantitative estimate of drug-likeness (QED) is 0.164. The van der Waals surface area contributed by atoms with E-state index in [1.54, 1.807) is 11.3 Å². The highest BCUT2D eigenvalue weighted by atomic mass is 32.1. The summed E-state index contributed by atoms with van der Waals surface area (Å²) in [5, 5.41) is 3.59. The van der Waals surface area contributed by atoms with Gasteiger partial charge in [0.1, 0.15) is 5.01 Å². The van der Waals surface area contributed by atoms with Crippen LogP contribution in [0, 0.1) is 0 Å². The first-order chi connectivity index (χ1) is 26.3. The molecule has 0 aliphatic heterocycles. The monoisotopic (exact) mass is 712 g/mol. The standard InChI is InChI=1S/C49H32N2S2/c1-3-11-33(12-4-1)35-23-27-39(28-24-35)51(40-29-25-36(26-30-40)34-13-5-2-6-14-34)47-41(31-32-43-42-15-7-9-17-45(42)52-48(43)47)37-19-21-38(22-20-37)49-50-44-16-8-10-18-46(44)53-49/h1-32H. The van der Waals surface area contributed by atoms with Gasteiger partial charge in [-0.3, -0.25) is 0 Å². The minimum absolute atomic E-state index is 1.04. The third kappa shape index (κ3) is 5.79. The van der Waals surface area contributed by atoms with Crippen LogP contribution < -0.4 is 4.90 Å². The van der Waals surface area contributed by atoms with Crippen LogP contribution in [0.15, 0.2) is 194 Å². The van der Waals surface area contributed by atoms with Crippen LogP contribution in [0.5, 0.6) is 0 Å². The van der Waals surface area contributed by atoms with Crippen molar-refractivity contribution in [1.29, 1.82) is 0 Å². The minimum atomic E-state index is 1.04. The first-order valence-corrected chi connectivity index (χ1v) is 19.4. The summed E-state index contributed by atoms with van der Waals surface area (Å²) in [5.74, 6) is 0. The van der Waals surface area contributed by atoms with Crippen molar-refractivity contribution < 1.29 is 0 Å². The van der Waals surface area contributed by atoms with Crippen molar-refractivity contribution in [3.05, 3.63) is 194 Å². The lowest BCUT2D eigenvalue weighted by atomic mass is 9.97. The summed E-state index contributed by atoms with van der Waals surface area (Å²) in [6, 6.07) is 69.9. The number of hydrogen-bond acceptors (Lipinski definition) is 4. The number of nitrogens with zero attached hydrogens (tertiary/aromatic N) is 2. The molecular weight excluding hydrogens is 681 g/mol. The lowest BCUT2D eigenvalue weighted by molar-refractivity contribution is 1.30. The van der Waals surface area contributed by atoms with E-state index in [0.717, 1.165) is 33.0 Å². The first kappa shape index (κ1) is 31.4. The molecule has 10 aromatic rings. The molecule has 250 valence electrons. The molecule has 0 N–H and O–H groups in total. The van der Waals surface area contributed by atoms with Gasteiger partial charge in [0.05, 0.1) is 20.6 Å². The Balaban J connectivity index is 1.17. The van der Waals surface area contributed by atoms with Crippen LogP contribution in [0.4, 0.5) is 17.1 Å². The van der Waals surface area contributed by atoms with Gasteiger partial charge in [-0.2, -0.15) is 0 Å². The van der Waals surface area contributed by atoms with Gasteiger partial charge in [-0.05, 0) is 70.3 Å². The summed E-state index contributed by atoms with van der Waals surface area (Å²) in [6.07, 6.45) is 0. The van der Waals surface area contributed by atoms with Gasteiger partial charge in [-0.25, -0.2) is 4.98 Å². The average molecular weight is 713 g/mol. The van der Waals surface area contributed by atoms with E-state index in [1.807, 2.05) is 11.3 Å². The molecule has 0 saturated heterocycles. The zero-order valence-electron chi connectivity index (χ0n) is 28.7. The molecule has 0 unspecified atom stereocenters. The lowest BCUT2D eigenvalue weighted by Crippen LogP contribution is -2.11. The summed E-state index contributed by atoms with van der Waals surface area (Å²) in [7, 11) is 0. The molecule has 2 aromatic heterocycles. The van der Waals surface area contributed by atoms with Gasteiger partial charge in [0.25, 0.3) is 0 Å². The van der Waals surface area contributed by atoms with Crippen LogP contribution in [-0.2, 0) is 0 Å². The van der Waals surface area contributed by atoms with Crippen molar-refractivity contribution in [2.24, 2.45) is 0 Å². The minimum Gasteiger partial charge on any atom is -0.308 e. The molecule has 53 heavy (non-hydrogen) atoms. The van der Waals surface area contributed by atoms with E-state index in [1.165, 1.54) is 58.4 Å². The Morgan fingerprint density at radius 1 is 0.358 bits per heavy atom. The van der Waals surface area contributed by atoms with Gasteiger partial charge in [0, 0.05) is 38.0 Å². The fraction of sp³-hybridized carbons (Fsp3) is 0. The molecule has 0 amide bonds. The molecule has 0 saturated carbocycles. The van der Waals surface area contributed by atoms with Crippen molar-refractivity contribution in [3.63, 3.8) is 0 Å². The SMILES string of the molecule is c1ccc(-c2ccc(N(c3ccc(-c4ccccc4)cc3)c3c(-c4ccc(-c5nc6ccccc6s5)cc4)ccc4c3sc3ccccc34)cc2)cc1. The number of benzene rings is 8. The number of aromatic nitrogens is 1. The Morgan fingerprint density at radius 3 is 1.49 bits per heavy atom. The summed E-state index contributed by atoms with van der Waals surface area (Å²) in [4.78, 5) is 7.40. The number of fused-ring (bicyclic) bond motifs is 4. The normalized spacial score (nSPS) is 11.4. The maximum atomic E-state index is 4.95. The summed E-state index contributed by atoms with van der Waals surface area (Å²) in [5.41, 5.74) is 12.7. The fourth-order valence-corrected chi connectivity index (χ4v) is 9.50. The number of hydrogen-bond donors (Lipinski definition) is 0. The van der Waals surface area contributed by atoms with E-state index in [-0.39, 0.29) is 0 Å². The molecule has 4 heteroatoms. The highest BCUT2D eigenvalue weighted by Crippen LogP contribution is 2.50. The zero-order valence-corrected chi connectivity index (χ0v) is 30.3. The second-order valence-corrected chi connectivity index (χ2v) is 15.2. The summed E-state index contributed by atoms with van der Waals surface area (Å²) in [6.45, 7) is 0. The fourth-order valence-electron chi connectivity index (χ4n) is 7.29. The third-order valence-electron chi connectivity index (χ3n) is 9.95. The highest BCUT2D eigenvalue weighted by Gasteiger charge is 2.23. The second kappa shape index (κ2) is 13.3. The number of rotatable bonds is 7. The van der Waals surface area contributed by atoms with Crippen LogP contribution in [0.2, 0.25) is 0 Å². The zero-order chi connectivity index (χ0) is 35.1. The molecule has 0 radical (unpaired) electrons. The van der Waals surface area contributed by atoms with E-state index in [4.69, 9.17) is 4.98 Å². The second-order valence-electron chi connectivity index (χ2n) is 13.2. The van der Waals surface area contributed by atoms with Crippen LogP contribution >= 0.6 is 22.7 Å². The first-order valence-electron chi connectivity index (χ1n) is 17.8. The van der Waals surface area contributed by atoms with E-state index in [2.05, 4.69) is 199 Å². The highest BCUT2D eigenvalue weighted by molar-refractivity contribution is 7.26. The van der Waals surface area contributed by atoms with Crippen molar-refractivity contribution in [2.45, 2.75) is 0 Å².